The van der Waals surface area contributed by atoms with E-state index in [1.54, 1.807) is 36.4 Å². The van der Waals surface area contributed by atoms with Crippen LogP contribution in [0.3, 0.4) is 0 Å². The molecule has 1 aliphatic heterocycles. The molecule has 0 aliphatic carbocycles. The highest BCUT2D eigenvalue weighted by molar-refractivity contribution is 5.76. The van der Waals surface area contributed by atoms with Crippen LogP contribution in [-0.4, -0.2) is 54.4 Å². The molecule has 0 spiro atoms. The number of hydrogen-bond acceptors (Lipinski definition) is 5. The van der Waals surface area contributed by atoms with E-state index in [-0.39, 0.29) is 11.3 Å². The second kappa shape index (κ2) is 9.85. The highest BCUT2D eigenvalue weighted by Gasteiger charge is 2.15. The Morgan fingerprint density at radius 3 is 2.58 bits per heavy atom. The Hall–Kier alpha value is -3.03. The fourth-order valence-electron chi connectivity index (χ4n) is 3.68. The molecule has 0 atom stereocenters. The fourth-order valence-corrected chi connectivity index (χ4v) is 3.68. The van der Waals surface area contributed by atoms with Crippen LogP contribution in [0.5, 0.6) is 5.75 Å². The van der Waals surface area contributed by atoms with Crippen molar-refractivity contribution in [1.29, 1.82) is 0 Å². The predicted octanol–water partition coefficient (Wildman–Crippen LogP) is 4.53. The molecule has 31 heavy (non-hydrogen) atoms. The van der Waals surface area contributed by atoms with Crippen molar-refractivity contribution < 1.29 is 18.6 Å². The van der Waals surface area contributed by atoms with E-state index < -0.39 is 11.6 Å². The minimum Gasteiger partial charge on any atom is -0.507 e. The van der Waals surface area contributed by atoms with Gasteiger partial charge in [-0.1, -0.05) is 24.3 Å². The summed E-state index contributed by atoms with van der Waals surface area (Å²) in [6, 6.07) is 14.3. The first-order chi connectivity index (χ1) is 15.1. The van der Waals surface area contributed by atoms with Crippen LogP contribution in [0.2, 0.25) is 0 Å². The smallest absolute Gasteiger partial charge is 0.166 e. The Labute approximate surface area is 180 Å². The van der Waals surface area contributed by atoms with Crippen LogP contribution in [0.25, 0.3) is 22.4 Å². The molecule has 162 valence electrons. The van der Waals surface area contributed by atoms with Crippen molar-refractivity contribution in [3.63, 3.8) is 0 Å². The first-order valence-corrected chi connectivity index (χ1v) is 10.4. The highest BCUT2D eigenvalue weighted by atomic mass is 19.2. The number of phenols is 1. The van der Waals surface area contributed by atoms with Crippen molar-refractivity contribution in [2.75, 3.05) is 44.7 Å². The number of pyridine rings is 1. The lowest BCUT2D eigenvalue weighted by atomic mass is 10.0. The Balaban J connectivity index is 1.59. The van der Waals surface area contributed by atoms with Gasteiger partial charge >= 0.3 is 0 Å². The van der Waals surface area contributed by atoms with Gasteiger partial charge in [0.1, 0.15) is 11.6 Å². The average Bonchev–Trinajstić information content (AvgIpc) is 2.79. The summed E-state index contributed by atoms with van der Waals surface area (Å²) in [5.74, 6) is -1.19. The summed E-state index contributed by atoms with van der Waals surface area (Å²) in [5, 5.41) is 13.6. The molecule has 0 bridgehead atoms. The Kier molecular flexibility index (Phi) is 6.74. The van der Waals surface area contributed by atoms with E-state index >= 15 is 0 Å². The van der Waals surface area contributed by atoms with E-state index in [0.717, 1.165) is 45.3 Å². The molecule has 7 heteroatoms. The quantitative estimate of drug-likeness (QED) is 0.545. The van der Waals surface area contributed by atoms with Crippen molar-refractivity contribution in [3.05, 3.63) is 66.2 Å². The van der Waals surface area contributed by atoms with Crippen LogP contribution >= 0.6 is 0 Å². The molecule has 1 saturated heterocycles. The van der Waals surface area contributed by atoms with Crippen LogP contribution in [0.4, 0.5) is 14.6 Å². The lowest BCUT2D eigenvalue weighted by Gasteiger charge is -2.26. The monoisotopic (exact) mass is 425 g/mol. The first kappa shape index (κ1) is 21.2. The maximum atomic E-state index is 14.5. The van der Waals surface area contributed by atoms with Gasteiger partial charge in [0, 0.05) is 30.8 Å². The topological polar surface area (TPSA) is 57.6 Å². The summed E-state index contributed by atoms with van der Waals surface area (Å²) in [6.45, 7) is 5.02. The minimum absolute atomic E-state index is 0.0742. The average molecular weight is 425 g/mol. The van der Waals surface area contributed by atoms with Gasteiger partial charge in [-0.25, -0.2) is 13.8 Å². The van der Waals surface area contributed by atoms with Gasteiger partial charge < -0.3 is 15.2 Å². The van der Waals surface area contributed by atoms with E-state index in [9.17, 15) is 13.9 Å². The molecule has 0 unspecified atom stereocenters. The summed E-state index contributed by atoms with van der Waals surface area (Å²) in [4.78, 5) is 6.96. The molecule has 3 aromatic rings. The molecule has 1 aromatic heterocycles. The van der Waals surface area contributed by atoms with E-state index in [4.69, 9.17) is 4.74 Å². The molecule has 1 aliphatic rings. The van der Waals surface area contributed by atoms with Gasteiger partial charge in [-0.2, -0.15) is 0 Å². The van der Waals surface area contributed by atoms with Crippen LogP contribution in [0.1, 0.15) is 6.42 Å². The molecule has 2 N–H and O–H groups in total. The van der Waals surface area contributed by atoms with Crippen LogP contribution in [0.15, 0.2) is 54.6 Å². The molecular formula is C24H25F2N3O2. The number of halogens is 2. The Bertz CT molecular complexity index is 1040. The highest BCUT2D eigenvalue weighted by Crippen LogP contribution is 2.33. The molecule has 2 heterocycles. The van der Waals surface area contributed by atoms with Crippen LogP contribution in [0, 0.1) is 11.6 Å². The van der Waals surface area contributed by atoms with Crippen molar-refractivity contribution >= 4 is 5.82 Å². The van der Waals surface area contributed by atoms with E-state index in [2.05, 4.69) is 15.2 Å². The summed E-state index contributed by atoms with van der Waals surface area (Å²) < 4.78 is 33.7. The number of benzene rings is 2. The number of ether oxygens (including phenoxy) is 1. The number of hydrogen-bond donors (Lipinski definition) is 2. The second-order valence-corrected chi connectivity index (χ2v) is 7.48. The van der Waals surface area contributed by atoms with Gasteiger partial charge in [0.2, 0.25) is 0 Å². The number of nitrogens with one attached hydrogen (secondary N) is 1. The molecule has 5 nitrogen and oxygen atoms in total. The molecule has 4 rings (SSSR count). The van der Waals surface area contributed by atoms with Gasteiger partial charge in [-0.3, -0.25) is 4.90 Å². The zero-order valence-electron chi connectivity index (χ0n) is 17.2. The van der Waals surface area contributed by atoms with Gasteiger partial charge in [0.05, 0.1) is 18.9 Å². The Morgan fingerprint density at radius 2 is 1.77 bits per heavy atom. The van der Waals surface area contributed by atoms with Crippen LogP contribution in [-0.2, 0) is 4.74 Å². The SMILES string of the molecule is Oc1ccccc1-c1cc(-c2cccc(F)c2F)cc(NCCCN2CCOCC2)n1. The number of phenolic OH excluding ortho intramolecular Hbond substituents is 1. The van der Waals surface area contributed by atoms with E-state index in [1.165, 1.54) is 12.1 Å². The maximum absolute atomic E-state index is 14.5. The number of aromatic nitrogens is 1. The zero-order valence-corrected chi connectivity index (χ0v) is 17.2. The van der Waals surface area contributed by atoms with Crippen molar-refractivity contribution in [3.8, 4) is 28.1 Å². The maximum Gasteiger partial charge on any atom is 0.166 e. The first-order valence-electron chi connectivity index (χ1n) is 10.4. The number of rotatable bonds is 7. The van der Waals surface area contributed by atoms with Gasteiger partial charge in [-0.05, 0) is 48.9 Å². The number of morpholine rings is 1. The number of para-hydroxylation sites is 1. The van der Waals surface area contributed by atoms with E-state index in [1.807, 2.05) is 0 Å². The lowest BCUT2D eigenvalue weighted by Crippen LogP contribution is -2.37. The van der Waals surface area contributed by atoms with Crippen molar-refractivity contribution in [2.45, 2.75) is 6.42 Å². The molecule has 2 aromatic carbocycles. The van der Waals surface area contributed by atoms with Crippen molar-refractivity contribution in [1.82, 2.24) is 9.88 Å². The molecule has 0 radical (unpaired) electrons. The normalized spacial score (nSPS) is 14.5. The summed E-state index contributed by atoms with van der Waals surface area (Å²) in [6.07, 6.45) is 0.909. The largest absolute Gasteiger partial charge is 0.507 e. The molecule has 0 saturated carbocycles. The minimum atomic E-state index is -0.907. The van der Waals surface area contributed by atoms with E-state index in [0.29, 0.717) is 29.2 Å². The summed E-state index contributed by atoms with van der Waals surface area (Å²) >= 11 is 0. The molecule has 1 fully saturated rings. The third kappa shape index (κ3) is 5.18. The van der Waals surface area contributed by atoms with Gasteiger partial charge in [0.15, 0.2) is 11.6 Å². The fraction of sp³-hybridized carbons (Fsp3) is 0.292. The summed E-state index contributed by atoms with van der Waals surface area (Å²) in [7, 11) is 0. The Morgan fingerprint density at radius 1 is 1.00 bits per heavy atom. The predicted molar refractivity (Wildman–Crippen MR) is 117 cm³/mol. The van der Waals surface area contributed by atoms with Gasteiger partial charge in [-0.15, -0.1) is 0 Å². The van der Waals surface area contributed by atoms with Crippen LogP contribution < -0.4 is 5.32 Å². The summed E-state index contributed by atoms with van der Waals surface area (Å²) in [5.41, 5.74) is 1.64. The third-order valence-corrected chi connectivity index (χ3v) is 5.33. The number of aromatic hydroxyl groups is 1. The molecule has 0 amide bonds. The number of nitrogens with zero attached hydrogens (tertiary/aromatic N) is 2. The number of anilines is 1. The molecular weight excluding hydrogens is 400 g/mol. The third-order valence-electron chi connectivity index (χ3n) is 5.33. The standard InChI is InChI=1S/C24H25F2N3O2/c25-20-7-3-6-18(24(20)26)17-15-21(19-5-1-2-8-22(19)30)28-23(16-17)27-9-4-10-29-11-13-31-14-12-29/h1-3,5-8,15-16,30H,4,9-14H2,(H,27,28). The zero-order chi connectivity index (χ0) is 21.6. The van der Waals surface area contributed by atoms with Crippen molar-refractivity contribution in [2.24, 2.45) is 0 Å². The van der Waals surface area contributed by atoms with Gasteiger partial charge in [0.25, 0.3) is 0 Å². The lowest BCUT2D eigenvalue weighted by molar-refractivity contribution is 0.0378. The second-order valence-electron chi connectivity index (χ2n) is 7.48.